The van der Waals surface area contributed by atoms with Crippen LogP contribution < -0.4 is 0 Å². The highest BCUT2D eigenvalue weighted by molar-refractivity contribution is 5.87. The molecule has 1 saturated carbocycles. The molecule has 0 saturated heterocycles. The molecule has 0 aliphatic heterocycles. The number of aromatic nitrogens is 2. The van der Waals surface area contributed by atoms with Gasteiger partial charge in [0, 0.05) is 12.7 Å². The van der Waals surface area contributed by atoms with Gasteiger partial charge in [-0.15, -0.1) is 0 Å². The Labute approximate surface area is 118 Å². The van der Waals surface area contributed by atoms with Crippen LogP contribution in [0.25, 0.3) is 0 Å². The molecular weight excluding hydrogens is 256 g/mol. The van der Waals surface area contributed by atoms with Crippen LogP contribution in [0, 0.1) is 0 Å². The Balaban J connectivity index is 2.06. The number of carboxylic acids is 1. The summed E-state index contributed by atoms with van der Waals surface area (Å²) in [7, 11) is 1.71. The molecule has 5 heteroatoms. The molecule has 3 rings (SSSR count). The predicted molar refractivity (Wildman–Crippen MR) is 74.0 cm³/mol. The molecule has 0 spiro atoms. The maximum atomic E-state index is 11.4. The van der Waals surface area contributed by atoms with Gasteiger partial charge in [0.25, 0.3) is 0 Å². The van der Waals surface area contributed by atoms with E-state index < -0.39 is 5.97 Å². The van der Waals surface area contributed by atoms with Crippen LogP contribution >= 0.6 is 0 Å². The summed E-state index contributed by atoms with van der Waals surface area (Å²) in [5.74, 6) is -0.910. The fourth-order valence-corrected chi connectivity index (χ4v) is 3.68. The molecule has 1 aromatic rings. The second-order valence-electron chi connectivity index (χ2n) is 5.87. The Morgan fingerprint density at radius 2 is 2.00 bits per heavy atom. The fraction of sp³-hybridized carbons (Fsp3) is 0.733. The molecule has 1 N–H and O–H groups in total. The molecular formula is C15H22N2O3. The minimum absolute atomic E-state index is 0.00118. The highest BCUT2D eigenvalue weighted by atomic mass is 16.5. The van der Waals surface area contributed by atoms with Gasteiger partial charge < -0.3 is 9.84 Å². The number of carboxylic acid groups (broad SMARTS) is 1. The maximum Gasteiger partial charge on any atom is 0.356 e. The van der Waals surface area contributed by atoms with Crippen molar-refractivity contribution in [3.05, 3.63) is 17.0 Å². The number of fused-ring (bicyclic) bond motifs is 1. The van der Waals surface area contributed by atoms with Gasteiger partial charge in [0.1, 0.15) is 0 Å². The van der Waals surface area contributed by atoms with Crippen molar-refractivity contribution in [3.63, 3.8) is 0 Å². The van der Waals surface area contributed by atoms with E-state index in [0.29, 0.717) is 6.04 Å². The van der Waals surface area contributed by atoms with Crippen LogP contribution in [0.5, 0.6) is 0 Å². The van der Waals surface area contributed by atoms with Crippen molar-refractivity contribution in [1.29, 1.82) is 0 Å². The van der Waals surface area contributed by atoms with Crippen molar-refractivity contribution >= 4 is 5.97 Å². The summed E-state index contributed by atoms with van der Waals surface area (Å²) >= 11 is 0. The third kappa shape index (κ3) is 2.24. The number of aromatic carboxylic acids is 1. The zero-order valence-electron chi connectivity index (χ0n) is 12.0. The third-order valence-corrected chi connectivity index (χ3v) is 4.66. The number of carbonyl (C=O) groups is 1. The van der Waals surface area contributed by atoms with Gasteiger partial charge in [-0.25, -0.2) is 4.79 Å². The summed E-state index contributed by atoms with van der Waals surface area (Å²) in [6, 6.07) is 0.348. The number of hydrogen-bond donors (Lipinski definition) is 1. The lowest BCUT2D eigenvalue weighted by atomic mass is 9.91. The highest BCUT2D eigenvalue weighted by Gasteiger charge is 2.33. The molecule has 1 unspecified atom stereocenters. The summed E-state index contributed by atoms with van der Waals surface area (Å²) in [5, 5.41) is 13.8. The van der Waals surface area contributed by atoms with Crippen LogP contribution in [0.15, 0.2) is 0 Å². The summed E-state index contributed by atoms with van der Waals surface area (Å²) in [6.45, 7) is 0. The molecule has 2 aliphatic carbocycles. The summed E-state index contributed by atoms with van der Waals surface area (Å²) in [4.78, 5) is 11.4. The molecule has 0 aromatic carbocycles. The van der Waals surface area contributed by atoms with Crippen LogP contribution in [0.3, 0.4) is 0 Å². The third-order valence-electron chi connectivity index (χ3n) is 4.66. The summed E-state index contributed by atoms with van der Waals surface area (Å²) in [5.41, 5.74) is 2.18. The van der Waals surface area contributed by atoms with Crippen molar-refractivity contribution < 1.29 is 14.6 Å². The average molecular weight is 278 g/mol. The molecule has 0 amide bonds. The first-order chi connectivity index (χ1) is 9.72. The number of ether oxygens (including phenoxy) is 1. The lowest BCUT2D eigenvalue weighted by molar-refractivity contribution is 0.0687. The zero-order valence-corrected chi connectivity index (χ0v) is 12.0. The standard InChI is InChI=1S/C15H22N2O3/c1-20-12-9-5-8-11-13(15(18)19)16-17(14(11)12)10-6-3-2-4-7-10/h10,12H,2-9H2,1H3,(H,18,19). The molecule has 1 atom stereocenters. The average Bonchev–Trinajstić information content (AvgIpc) is 2.88. The van der Waals surface area contributed by atoms with Gasteiger partial charge in [-0.3, -0.25) is 4.68 Å². The van der Waals surface area contributed by atoms with Crippen molar-refractivity contribution in [2.75, 3.05) is 7.11 Å². The van der Waals surface area contributed by atoms with E-state index in [4.69, 9.17) is 4.74 Å². The highest BCUT2D eigenvalue weighted by Crippen LogP contribution is 2.38. The SMILES string of the molecule is COC1CCCc2c(C(=O)O)nn(C3CCCCC3)c21. The van der Waals surface area contributed by atoms with Crippen LogP contribution in [0.1, 0.15) is 78.8 Å². The van der Waals surface area contributed by atoms with Gasteiger partial charge in [0.2, 0.25) is 0 Å². The Morgan fingerprint density at radius 1 is 1.25 bits per heavy atom. The largest absolute Gasteiger partial charge is 0.476 e. The molecule has 0 radical (unpaired) electrons. The second-order valence-corrected chi connectivity index (χ2v) is 5.87. The number of nitrogens with zero attached hydrogens (tertiary/aromatic N) is 2. The van der Waals surface area contributed by atoms with E-state index >= 15 is 0 Å². The van der Waals surface area contributed by atoms with Gasteiger partial charge in [0.05, 0.1) is 17.8 Å². The van der Waals surface area contributed by atoms with Gasteiger partial charge in [0.15, 0.2) is 5.69 Å². The van der Waals surface area contributed by atoms with Crippen LogP contribution in [-0.4, -0.2) is 28.0 Å². The predicted octanol–water partition coefficient (Wildman–Crippen LogP) is 3.11. The topological polar surface area (TPSA) is 64.3 Å². The minimum atomic E-state index is -0.910. The molecule has 0 bridgehead atoms. The molecule has 1 aromatic heterocycles. The lowest BCUT2D eigenvalue weighted by Crippen LogP contribution is -2.21. The lowest BCUT2D eigenvalue weighted by Gasteiger charge is -2.28. The van der Waals surface area contributed by atoms with Gasteiger partial charge in [-0.2, -0.15) is 5.10 Å². The summed E-state index contributed by atoms with van der Waals surface area (Å²) < 4.78 is 7.58. The Morgan fingerprint density at radius 3 is 2.65 bits per heavy atom. The van der Waals surface area contributed by atoms with Crippen LogP contribution in [0.4, 0.5) is 0 Å². The van der Waals surface area contributed by atoms with Crippen LogP contribution in [-0.2, 0) is 11.2 Å². The molecule has 1 fully saturated rings. The molecule has 20 heavy (non-hydrogen) atoms. The van der Waals surface area contributed by atoms with Crippen LogP contribution in [0.2, 0.25) is 0 Å². The van der Waals surface area contributed by atoms with Crippen molar-refractivity contribution in [3.8, 4) is 0 Å². The molecule has 5 nitrogen and oxygen atoms in total. The molecule has 110 valence electrons. The second kappa shape index (κ2) is 5.56. The Bertz CT molecular complexity index is 503. The Hall–Kier alpha value is -1.36. The number of rotatable bonds is 3. The van der Waals surface area contributed by atoms with Gasteiger partial charge >= 0.3 is 5.97 Å². The van der Waals surface area contributed by atoms with Crippen molar-refractivity contribution in [2.24, 2.45) is 0 Å². The monoisotopic (exact) mass is 278 g/mol. The zero-order chi connectivity index (χ0) is 14.1. The first-order valence-electron chi connectivity index (χ1n) is 7.59. The first-order valence-corrected chi connectivity index (χ1v) is 7.59. The maximum absolute atomic E-state index is 11.4. The first kappa shape index (κ1) is 13.6. The van der Waals surface area contributed by atoms with Crippen molar-refractivity contribution in [2.45, 2.75) is 63.5 Å². The minimum Gasteiger partial charge on any atom is -0.476 e. The van der Waals surface area contributed by atoms with Gasteiger partial charge in [-0.1, -0.05) is 19.3 Å². The number of methoxy groups -OCH3 is 1. The fourth-order valence-electron chi connectivity index (χ4n) is 3.68. The van der Waals surface area contributed by atoms with E-state index in [1.165, 1.54) is 19.3 Å². The quantitative estimate of drug-likeness (QED) is 0.922. The van der Waals surface area contributed by atoms with Gasteiger partial charge in [-0.05, 0) is 32.1 Å². The Kier molecular flexibility index (Phi) is 3.78. The van der Waals surface area contributed by atoms with E-state index in [1.54, 1.807) is 7.11 Å². The number of hydrogen-bond acceptors (Lipinski definition) is 3. The van der Waals surface area contributed by atoms with E-state index in [0.717, 1.165) is 43.4 Å². The smallest absolute Gasteiger partial charge is 0.356 e. The molecule has 2 aliphatic rings. The molecule has 1 heterocycles. The van der Waals surface area contributed by atoms with E-state index in [2.05, 4.69) is 5.10 Å². The van der Waals surface area contributed by atoms with Crippen molar-refractivity contribution in [1.82, 2.24) is 9.78 Å². The van der Waals surface area contributed by atoms with E-state index in [1.807, 2.05) is 4.68 Å². The van der Waals surface area contributed by atoms with E-state index in [-0.39, 0.29) is 11.8 Å². The van der Waals surface area contributed by atoms with E-state index in [9.17, 15) is 9.90 Å². The normalized spacial score (nSPS) is 23.6. The summed E-state index contributed by atoms with van der Waals surface area (Å²) in [6.07, 6.45) is 8.64.